The van der Waals surface area contributed by atoms with E-state index in [1.54, 1.807) is 13.8 Å². The zero-order chi connectivity index (χ0) is 13.9. The smallest absolute Gasteiger partial charge is 0.318 e. The van der Waals surface area contributed by atoms with E-state index in [4.69, 9.17) is 4.74 Å². The van der Waals surface area contributed by atoms with E-state index in [-0.39, 0.29) is 5.75 Å². The van der Waals surface area contributed by atoms with Crippen LogP contribution in [0.25, 0.3) is 0 Å². The first-order chi connectivity index (χ1) is 8.32. The van der Waals surface area contributed by atoms with Crippen LogP contribution in [0, 0.1) is 26.1 Å². The van der Waals surface area contributed by atoms with Crippen molar-refractivity contribution in [3.63, 3.8) is 0 Å². The minimum absolute atomic E-state index is 0.302. The highest BCUT2D eigenvalue weighted by molar-refractivity contribution is 5.76. The second-order valence-electron chi connectivity index (χ2n) is 3.74. The average molecular weight is 254 g/mol. The van der Waals surface area contributed by atoms with E-state index in [0.29, 0.717) is 0 Å². The lowest BCUT2D eigenvalue weighted by atomic mass is 10.2. The molecule has 1 aromatic rings. The number of benzene rings is 1. The first-order valence-electron chi connectivity index (χ1n) is 4.97. The summed E-state index contributed by atoms with van der Waals surface area (Å²) >= 11 is 0. The van der Waals surface area contributed by atoms with Crippen LogP contribution in [0.3, 0.4) is 0 Å². The van der Waals surface area contributed by atoms with Gasteiger partial charge in [0.1, 0.15) is 0 Å². The molecule has 8 nitrogen and oxygen atoms in total. The largest absolute Gasteiger partial charge is 0.419 e. The maximum atomic E-state index is 11.3. The predicted molar refractivity (Wildman–Crippen MR) is 60.2 cm³/mol. The Hall–Kier alpha value is -2.51. The molecule has 0 bridgehead atoms. The highest BCUT2D eigenvalue weighted by Gasteiger charge is 2.23. The Morgan fingerprint density at radius 3 is 2.28 bits per heavy atom. The summed E-state index contributed by atoms with van der Waals surface area (Å²) in [6, 6.07) is 2.83. The van der Waals surface area contributed by atoms with Gasteiger partial charge in [0.05, 0.1) is 21.8 Å². The van der Waals surface area contributed by atoms with Crippen LogP contribution in [0.4, 0.5) is 11.4 Å². The molecule has 0 fully saturated rings. The molecule has 0 amide bonds. The molecule has 0 unspecified atom stereocenters. The van der Waals surface area contributed by atoms with Gasteiger partial charge in [0.25, 0.3) is 5.69 Å². The molecule has 0 spiro atoms. The number of non-ortho nitro benzene ring substituents is 1. The molecule has 0 radical (unpaired) electrons. The van der Waals surface area contributed by atoms with Crippen LogP contribution in [-0.2, 0) is 4.79 Å². The summed E-state index contributed by atoms with van der Waals surface area (Å²) < 4.78 is 4.80. The molecule has 1 aromatic carbocycles. The van der Waals surface area contributed by atoms with E-state index < -0.39 is 33.1 Å². The van der Waals surface area contributed by atoms with E-state index in [2.05, 4.69) is 0 Å². The van der Waals surface area contributed by atoms with Crippen LogP contribution in [0.5, 0.6) is 5.75 Å². The van der Waals surface area contributed by atoms with Crippen molar-refractivity contribution in [2.45, 2.75) is 13.8 Å². The average Bonchev–Trinajstić information content (AvgIpc) is 2.28. The van der Waals surface area contributed by atoms with Crippen LogP contribution in [0.2, 0.25) is 0 Å². The minimum Gasteiger partial charge on any atom is -0.419 e. The fourth-order valence-corrected chi connectivity index (χ4v) is 1.07. The molecule has 1 rings (SSSR count). The molecule has 18 heavy (non-hydrogen) atoms. The fraction of sp³-hybridized carbons (Fsp3) is 0.300. The fourth-order valence-electron chi connectivity index (χ4n) is 1.07. The molecule has 96 valence electrons. The maximum Gasteiger partial charge on any atom is 0.318 e. The van der Waals surface area contributed by atoms with Gasteiger partial charge in [-0.1, -0.05) is 13.8 Å². The quantitative estimate of drug-likeness (QED) is 0.351. The summed E-state index contributed by atoms with van der Waals surface area (Å²) in [6.45, 7) is 3.14. The number of rotatable bonds is 4. The first-order valence-corrected chi connectivity index (χ1v) is 4.97. The van der Waals surface area contributed by atoms with Crippen LogP contribution >= 0.6 is 0 Å². The summed E-state index contributed by atoms with van der Waals surface area (Å²) in [5.74, 6) is -1.41. The Labute approximate surface area is 101 Å². The van der Waals surface area contributed by atoms with E-state index >= 15 is 0 Å². The summed E-state index contributed by atoms with van der Waals surface area (Å²) in [4.78, 5) is 31.0. The summed E-state index contributed by atoms with van der Waals surface area (Å²) in [6.07, 6.45) is 0. The third kappa shape index (κ3) is 3.00. The maximum absolute atomic E-state index is 11.3. The molecule has 0 saturated carbocycles. The van der Waals surface area contributed by atoms with Gasteiger partial charge < -0.3 is 4.74 Å². The molecule has 0 atom stereocenters. The van der Waals surface area contributed by atoms with E-state index in [9.17, 15) is 25.0 Å². The van der Waals surface area contributed by atoms with Gasteiger partial charge in [-0.15, -0.1) is 0 Å². The lowest BCUT2D eigenvalue weighted by Crippen LogP contribution is -2.15. The Balaban J connectivity index is 3.16. The number of esters is 1. The highest BCUT2D eigenvalue weighted by Crippen LogP contribution is 2.31. The normalized spacial score (nSPS) is 10.2. The topological polar surface area (TPSA) is 113 Å². The van der Waals surface area contributed by atoms with Crippen molar-refractivity contribution < 1.29 is 19.4 Å². The van der Waals surface area contributed by atoms with E-state index in [0.717, 1.165) is 18.2 Å². The Morgan fingerprint density at radius 1 is 1.22 bits per heavy atom. The molecule has 0 heterocycles. The molecule has 0 N–H and O–H groups in total. The second kappa shape index (κ2) is 5.21. The van der Waals surface area contributed by atoms with E-state index in [1.807, 2.05) is 0 Å². The number of hydrogen-bond acceptors (Lipinski definition) is 6. The van der Waals surface area contributed by atoms with Crippen molar-refractivity contribution in [1.29, 1.82) is 0 Å². The van der Waals surface area contributed by atoms with Gasteiger partial charge in [-0.05, 0) is 6.07 Å². The third-order valence-electron chi connectivity index (χ3n) is 2.03. The lowest BCUT2D eigenvalue weighted by Gasteiger charge is -2.06. The van der Waals surface area contributed by atoms with Gasteiger partial charge >= 0.3 is 11.7 Å². The molecule has 0 aliphatic carbocycles. The number of nitrogens with zero attached hydrogens (tertiary/aromatic N) is 2. The van der Waals surface area contributed by atoms with Gasteiger partial charge in [-0.25, -0.2) is 0 Å². The monoisotopic (exact) mass is 254 g/mol. The number of ether oxygens (including phenoxy) is 1. The van der Waals surface area contributed by atoms with Gasteiger partial charge in [0.15, 0.2) is 0 Å². The van der Waals surface area contributed by atoms with Crippen LogP contribution in [0.1, 0.15) is 13.8 Å². The molecule has 0 aliphatic rings. The zero-order valence-corrected chi connectivity index (χ0v) is 9.65. The van der Waals surface area contributed by atoms with Crippen molar-refractivity contribution >= 4 is 17.3 Å². The number of carbonyl (C=O) groups is 1. The van der Waals surface area contributed by atoms with Crippen molar-refractivity contribution in [3.05, 3.63) is 38.4 Å². The second-order valence-corrected chi connectivity index (χ2v) is 3.74. The molecule has 8 heteroatoms. The van der Waals surface area contributed by atoms with Crippen LogP contribution in [0.15, 0.2) is 18.2 Å². The number of carbonyl (C=O) groups excluding carboxylic acids is 1. The molecule has 0 aromatic heterocycles. The highest BCUT2D eigenvalue weighted by atomic mass is 16.6. The minimum atomic E-state index is -0.837. The van der Waals surface area contributed by atoms with Crippen molar-refractivity contribution in [2.75, 3.05) is 0 Å². The SMILES string of the molecule is CC(C)C(=O)Oc1ccc([N+](=O)[O-])cc1[N+](=O)[O-]. The van der Waals surface area contributed by atoms with Gasteiger partial charge in [0.2, 0.25) is 5.75 Å². The molecular formula is C10H10N2O6. The van der Waals surface area contributed by atoms with Crippen molar-refractivity contribution in [3.8, 4) is 5.75 Å². The summed E-state index contributed by atoms with van der Waals surface area (Å²) in [5, 5.41) is 21.2. The molecule has 0 saturated heterocycles. The number of nitro groups is 2. The third-order valence-corrected chi connectivity index (χ3v) is 2.03. The van der Waals surface area contributed by atoms with Crippen LogP contribution < -0.4 is 4.74 Å². The summed E-state index contributed by atoms with van der Waals surface area (Å²) in [5.41, 5.74) is -1.05. The van der Waals surface area contributed by atoms with E-state index in [1.165, 1.54) is 0 Å². The van der Waals surface area contributed by atoms with Crippen molar-refractivity contribution in [2.24, 2.45) is 5.92 Å². The number of nitro benzene ring substituents is 2. The predicted octanol–water partition coefficient (Wildman–Crippen LogP) is 2.06. The van der Waals surface area contributed by atoms with Gasteiger partial charge in [-0.3, -0.25) is 25.0 Å². The Bertz CT molecular complexity index is 511. The first kappa shape index (κ1) is 13.6. The summed E-state index contributed by atoms with van der Waals surface area (Å²) in [7, 11) is 0. The Morgan fingerprint density at radius 2 is 1.83 bits per heavy atom. The molecule has 0 aliphatic heterocycles. The molecular weight excluding hydrogens is 244 g/mol. The number of hydrogen-bond donors (Lipinski definition) is 0. The van der Waals surface area contributed by atoms with Crippen molar-refractivity contribution in [1.82, 2.24) is 0 Å². The van der Waals surface area contributed by atoms with Gasteiger partial charge in [-0.2, -0.15) is 0 Å². The standard InChI is InChI=1S/C10H10N2O6/c1-6(2)10(13)18-9-4-3-7(11(14)15)5-8(9)12(16)17/h3-6H,1-2H3. The zero-order valence-electron chi connectivity index (χ0n) is 9.65. The van der Waals surface area contributed by atoms with Gasteiger partial charge in [0, 0.05) is 6.07 Å². The lowest BCUT2D eigenvalue weighted by molar-refractivity contribution is -0.394. The Kier molecular flexibility index (Phi) is 3.93. The van der Waals surface area contributed by atoms with Crippen LogP contribution in [-0.4, -0.2) is 15.8 Å².